The van der Waals surface area contributed by atoms with Crippen molar-refractivity contribution in [2.24, 2.45) is 0 Å². The molecule has 202 valence electrons. The van der Waals surface area contributed by atoms with Gasteiger partial charge in [-0.25, -0.2) is 8.42 Å². The minimum atomic E-state index is -3.47. The zero-order chi connectivity index (χ0) is 26.8. The molecule has 0 radical (unpaired) electrons. The van der Waals surface area contributed by atoms with E-state index in [9.17, 15) is 18.0 Å². The largest absolute Gasteiger partial charge is 0.497 e. The summed E-state index contributed by atoms with van der Waals surface area (Å²) in [6.45, 7) is 3.83. The lowest BCUT2D eigenvalue weighted by atomic mass is 10.1. The maximum atomic E-state index is 13.3. The number of carbonyl (C=O) groups excluding carboxylic acids is 2. The predicted molar refractivity (Wildman–Crippen MR) is 141 cm³/mol. The molecule has 0 saturated carbocycles. The lowest BCUT2D eigenvalue weighted by molar-refractivity contribution is -0.140. The van der Waals surface area contributed by atoms with Crippen LogP contribution in [-0.4, -0.2) is 75.9 Å². The number of nitrogens with one attached hydrogen (secondary N) is 1. The van der Waals surface area contributed by atoms with Gasteiger partial charge in [-0.2, -0.15) is 4.31 Å². The molecule has 1 saturated heterocycles. The Morgan fingerprint density at radius 2 is 1.62 bits per heavy atom. The fourth-order valence-corrected chi connectivity index (χ4v) is 5.75. The molecule has 2 aromatic carbocycles. The first-order chi connectivity index (χ1) is 17.8. The number of rotatable bonds is 13. The van der Waals surface area contributed by atoms with Crippen LogP contribution in [0.4, 0.5) is 0 Å². The molecule has 10 heteroatoms. The quantitative estimate of drug-likeness (QED) is 0.399. The van der Waals surface area contributed by atoms with E-state index in [4.69, 9.17) is 9.47 Å². The third-order valence-corrected chi connectivity index (χ3v) is 8.45. The maximum absolute atomic E-state index is 13.3. The molecule has 0 unspecified atom stereocenters. The van der Waals surface area contributed by atoms with Crippen LogP contribution in [0.15, 0.2) is 53.4 Å². The SMILES string of the molecule is COCCNC(=O)[C@@H](C)N(Cc1ccc(OC)cc1)C(=O)CCc1ccc(S(=O)(=O)N2CCCC2)cc1. The number of ether oxygens (including phenoxy) is 2. The van der Waals surface area contributed by atoms with Crippen molar-refractivity contribution in [1.29, 1.82) is 0 Å². The molecule has 1 aliphatic heterocycles. The predicted octanol–water partition coefficient (Wildman–Crippen LogP) is 2.59. The van der Waals surface area contributed by atoms with Gasteiger partial charge in [0.1, 0.15) is 11.8 Å². The number of carbonyl (C=O) groups is 2. The zero-order valence-corrected chi connectivity index (χ0v) is 22.6. The van der Waals surface area contributed by atoms with E-state index >= 15 is 0 Å². The van der Waals surface area contributed by atoms with E-state index in [1.807, 2.05) is 24.3 Å². The number of hydrogen-bond acceptors (Lipinski definition) is 6. The topological polar surface area (TPSA) is 105 Å². The van der Waals surface area contributed by atoms with E-state index < -0.39 is 16.1 Å². The summed E-state index contributed by atoms with van der Waals surface area (Å²) in [5, 5.41) is 2.80. The summed E-state index contributed by atoms with van der Waals surface area (Å²) in [7, 11) is -0.327. The second-order valence-electron chi connectivity index (χ2n) is 9.08. The molecule has 37 heavy (non-hydrogen) atoms. The van der Waals surface area contributed by atoms with Crippen LogP contribution in [0.3, 0.4) is 0 Å². The molecule has 1 fully saturated rings. The summed E-state index contributed by atoms with van der Waals surface area (Å²) in [6.07, 6.45) is 2.38. The average Bonchev–Trinajstić information content (AvgIpc) is 3.47. The summed E-state index contributed by atoms with van der Waals surface area (Å²) in [5.74, 6) is 0.288. The molecule has 1 atom stereocenters. The van der Waals surface area contributed by atoms with Gasteiger partial charge in [0.25, 0.3) is 0 Å². The minimum absolute atomic E-state index is 0.168. The Morgan fingerprint density at radius 1 is 1.00 bits per heavy atom. The number of hydrogen-bond donors (Lipinski definition) is 1. The summed E-state index contributed by atoms with van der Waals surface area (Å²) >= 11 is 0. The molecule has 3 rings (SSSR count). The summed E-state index contributed by atoms with van der Waals surface area (Å²) in [6, 6.07) is 13.4. The van der Waals surface area contributed by atoms with Gasteiger partial charge in [0.2, 0.25) is 21.8 Å². The first kappa shape index (κ1) is 28.6. The Hall–Kier alpha value is -2.95. The van der Waals surface area contributed by atoms with E-state index in [1.54, 1.807) is 50.3 Å². The standard InChI is InChI=1S/C27H37N3O6S/c1-21(27(32)28-16-19-35-2)30(20-23-6-11-24(36-3)12-7-23)26(31)15-10-22-8-13-25(14-9-22)37(33,34)29-17-4-5-18-29/h6-9,11-14,21H,4-5,10,15-20H2,1-3H3,(H,28,32)/t21-/m1/s1. The molecule has 2 amide bonds. The van der Waals surface area contributed by atoms with Gasteiger partial charge in [-0.1, -0.05) is 24.3 Å². The molecule has 1 heterocycles. The van der Waals surface area contributed by atoms with Gasteiger partial charge >= 0.3 is 0 Å². The van der Waals surface area contributed by atoms with Crippen LogP contribution < -0.4 is 10.1 Å². The van der Waals surface area contributed by atoms with Crippen molar-refractivity contribution in [2.45, 2.75) is 50.1 Å². The molecular weight excluding hydrogens is 494 g/mol. The monoisotopic (exact) mass is 531 g/mol. The lowest BCUT2D eigenvalue weighted by Crippen LogP contribution is -2.48. The van der Waals surface area contributed by atoms with Crippen molar-refractivity contribution in [2.75, 3.05) is 40.5 Å². The van der Waals surface area contributed by atoms with Crippen LogP contribution in [0.1, 0.15) is 37.3 Å². The minimum Gasteiger partial charge on any atom is -0.497 e. The molecule has 0 spiro atoms. The Kier molecular flexibility index (Phi) is 10.5. The number of sulfonamides is 1. The number of nitrogens with zero attached hydrogens (tertiary/aromatic N) is 2. The summed E-state index contributed by atoms with van der Waals surface area (Å²) in [5.41, 5.74) is 1.73. The molecule has 0 aromatic heterocycles. The maximum Gasteiger partial charge on any atom is 0.243 e. The highest BCUT2D eigenvalue weighted by Crippen LogP contribution is 2.22. The molecule has 2 aromatic rings. The van der Waals surface area contributed by atoms with Crippen LogP contribution in [0.5, 0.6) is 5.75 Å². The molecular formula is C27H37N3O6S. The fourth-order valence-electron chi connectivity index (χ4n) is 4.23. The van der Waals surface area contributed by atoms with Crippen molar-refractivity contribution in [3.8, 4) is 5.75 Å². The van der Waals surface area contributed by atoms with Gasteiger partial charge in [0.05, 0.1) is 18.6 Å². The summed E-state index contributed by atoms with van der Waals surface area (Å²) < 4.78 is 37.2. The average molecular weight is 532 g/mol. The normalized spacial score (nSPS) is 14.8. The van der Waals surface area contributed by atoms with Crippen LogP contribution in [0.25, 0.3) is 0 Å². The van der Waals surface area contributed by atoms with Gasteiger partial charge in [-0.15, -0.1) is 0 Å². The number of benzene rings is 2. The van der Waals surface area contributed by atoms with Crippen molar-refractivity contribution in [1.82, 2.24) is 14.5 Å². The highest BCUT2D eigenvalue weighted by atomic mass is 32.2. The van der Waals surface area contributed by atoms with Crippen molar-refractivity contribution >= 4 is 21.8 Å². The van der Waals surface area contributed by atoms with Gasteiger partial charge in [0.15, 0.2) is 0 Å². The third kappa shape index (κ3) is 7.77. The smallest absolute Gasteiger partial charge is 0.243 e. The van der Waals surface area contributed by atoms with E-state index in [-0.39, 0.29) is 29.7 Å². The second kappa shape index (κ2) is 13.6. The lowest BCUT2D eigenvalue weighted by Gasteiger charge is -2.29. The van der Waals surface area contributed by atoms with Gasteiger partial charge in [-0.05, 0) is 61.6 Å². The highest BCUT2D eigenvalue weighted by Gasteiger charge is 2.28. The molecule has 1 aliphatic rings. The second-order valence-corrected chi connectivity index (χ2v) is 11.0. The van der Waals surface area contributed by atoms with E-state index in [0.29, 0.717) is 38.4 Å². The highest BCUT2D eigenvalue weighted by molar-refractivity contribution is 7.89. The van der Waals surface area contributed by atoms with E-state index in [2.05, 4.69) is 5.32 Å². The molecule has 0 aliphatic carbocycles. The zero-order valence-electron chi connectivity index (χ0n) is 21.8. The van der Waals surface area contributed by atoms with Crippen molar-refractivity contribution < 1.29 is 27.5 Å². The Bertz CT molecular complexity index is 1130. The first-order valence-corrected chi connectivity index (χ1v) is 14.0. The summed E-state index contributed by atoms with van der Waals surface area (Å²) in [4.78, 5) is 27.9. The number of aryl methyl sites for hydroxylation is 1. The van der Waals surface area contributed by atoms with Gasteiger partial charge in [-0.3, -0.25) is 9.59 Å². The molecule has 1 N–H and O–H groups in total. The molecule has 0 bridgehead atoms. The van der Waals surface area contributed by atoms with Crippen LogP contribution in [0, 0.1) is 0 Å². The number of amides is 2. The van der Waals surface area contributed by atoms with Crippen molar-refractivity contribution in [3.05, 3.63) is 59.7 Å². The Balaban J connectivity index is 1.68. The Morgan fingerprint density at radius 3 is 2.22 bits per heavy atom. The van der Waals surface area contributed by atoms with Crippen LogP contribution in [-0.2, 0) is 37.3 Å². The van der Waals surface area contributed by atoms with E-state index in [0.717, 1.165) is 24.0 Å². The van der Waals surface area contributed by atoms with Crippen molar-refractivity contribution in [3.63, 3.8) is 0 Å². The van der Waals surface area contributed by atoms with Crippen LogP contribution >= 0.6 is 0 Å². The van der Waals surface area contributed by atoms with Gasteiger partial charge in [0, 0.05) is 39.7 Å². The third-order valence-electron chi connectivity index (χ3n) is 6.54. The fraction of sp³-hybridized carbons (Fsp3) is 0.481. The van der Waals surface area contributed by atoms with E-state index in [1.165, 1.54) is 4.31 Å². The molecule has 9 nitrogen and oxygen atoms in total. The van der Waals surface area contributed by atoms with Crippen LogP contribution in [0.2, 0.25) is 0 Å². The number of methoxy groups -OCH3 is 2. The Labute approximate surface area is 219 Å². The van der Waals surface area contributed by atoms with Gasteiger partial charge < -0.3 is 19.7 Å². The first-order valence-electron chi connectivity index (χ1n) is 12.5.